The van der Waals surface area contributed by atoms with Crippen molar-refractivity contribution in [3.05, 3.63) is 11.9 Å². The average molecular weight is 264 g/mol. The monoisotopic (exact) mass is 264 g/mol. The van der Waals surface area contributed by atoms with Gasteiger partial charge in [0.25, 0.3) is 0 Å². The Morgan fingerprint density at radius 1 is 1.00 bits per heavy atom. The Morgan fingerprint density at radius 2 is 1.63 bits per heavy atom. The second-order valence-corrected chi connectivity index (χ2v) is 5.01. The molecule has 0 saturated carbocycles. The molecular weight excluding hydrogens is 236 g/mol. The highest BCUT2D eigenvalue weighted by Gasteiger charge is 2.10. The van der Waals surface area contributed by atoms with Crippen LogP contribution < -0.4 is 10.6 Å². The number of nitrogens with zero attached hydrogens (tertiary/aromatic N) is 3. The molecule has 2 N–H and O–H groups in total. The molecule has 1 aromatic rings. The second kappa shape index (κ2) is 8.73. The van der Waals surface area contributed by atoms with Gasteiger partial charge in [0.2, 0.25) is 0 Å². The van der Waals surface area contributed by atoms with E-state index in [2.05, 4.69) is 35.6 Å². The van der Waals surface area contributed by atoms with Crippen LogP contribution in [-0.4, -0.2) is 23.1 Å². The third-order valence-corrected chi connectivity index (χ3v) is 3.14. The predicted molar refractivity (Wildman–Crippen MR) is 82.5 cm³/mol. The molecule has 0 atom stereocenters. The quantitative estimate of drug-likeness (QED) is 0.742. The van der Waals surface area contributed by atoms with E-state index in [0.717, 1.165) is 37.6 Å². The molecule has 0 amide bonds. The fraction of sp³-hybridized carbons (Fsp3) is 0.733. The van der Waals surface area contributed by atoms with Gasteiger partial charge in [0.1, 0.15) is 17.5 Å². The Balaban J connectivity index is 2.85. The first-order valence-electron chi connectivity index (χ1n) is 7.59. The molecule has 0 unspecified atom stereocenters. The number of hydrogen-bond acceptors (Lipinski definition) is 4. The summed E-state index contributed by atoms with van der Waals surface area (Å²) in [5, 5.41) is 0. The predicted octanol–water partition coefficient (Wildman–Crippen LogP) is 3.42. The summed E-state index contributed by atoms with van der Waals surface area (Å²) in [7, 11) is 0. The van der Waals surface area contributed by atoms with Gasteiger partial charge in [0.05, 0.1) is 0 Å². The number of unbranched alkanes of at least 4 members (excludes halogenated alkanes) is 2. The van der Waals surface area contributed by atoms with Crippen molar-refractivity contribution in [2.75, 3.05) is 23.7 Å². The average Bonchev–Trinajstić information content (AvgIpc) is 2.38. The first-order valence-corrected chi connectivity index (χ1v) is 7.59. The largest absolute Gasteiger partial charge is 0.384 e. The summed E-state index contributed by atoms with van der Waals surface area (Å²) in [6.45, 7) is 8.68. The maximum Gasteiger partial charge on any atom is 0.134 e. The third-order valence-electron chi connectivity index (χ3n) is 3.14. The van der Waals surface area contributed by atoms with Gasteiger partial charge < -0.3 is 10.6 Å². The van der Waals surface area contributed by atoms with Crippen LogP contribution in [0.2, 0.25) is 0 Å². The summed E-state index contributed by atoms with van der Waals surface area (Å²) in [4.78, 5) is 11.3. The number of rotatable bonds is 9. The van der Waals surface area contributed by atoms with Crippen molar-refractivity contribution in [3.63, 3.8) is 0 Å². The SMILES string of the molecule is CCCCN(CCCC)c1cc(N)nc(CCC)n1. The Labute approximate surface area is 117 Å². The van der Waals surface area contributed by atoms with E-state index in [0.29, 0.717) is 5.82 Å². The number of nitrogens with two attached hydrogens (primary N) is 1. The normalized spacial score (nSPS) is 10.7. The topological polar surface area (TPSA) is 55.0 Å². The van der Waals surface area contributed by atoms with Gasteiger partial charge >= 0.3 is 0 Å². The Hall–Kier alpha value is -1.32. The summed E-state index contributed by atoms with van der Waals surface area (Å²) < 4.78 is 0. The van der Waals surface area contributed by atoms with Gasteiger partial charge in [-0.1, -0.05) is 33.6 Å². The maximum atomic E-state index is 5.91. The molecule has 0 aliphatic heterocycles. The minimum atomic E-state index is 0.589. The Kier molecular flexibility index (Phi) is 7.23. The summed E-state index contributed by atoms with van der Waals surface area (Å²) >= 11 is 0. The molecule has 108 valence electrons. The highest BCUT2D eigenvalue weighted by atomic mass is 15.2. The first-order chi connectivity index (χ1) is 9.21. The van der Waals surface area contributed by atoms with Crippen LogP contribution in [0.5, 0.6) is 0 Å². The van der Waals surface area contributed by atoms with Gasteiger partial charge in [-0.2, -0.15) is 0 Å². The number of aromatic nitrogens is 2. The second-order valence-electron chi connectivity index (χ2n) is 5.01. The van der Waals surface area contributed by atoms with E-state index < -0.39 is 0 Å². The zero-order chi connectivity index (χ0) is 14.1. The number of aryl methyl sites for hydroxylation is 1. The minimum absolute atomic E-state index is 0.589. The van der Waals surface area contributed by atoms with Gasteiger partial charge in [0.15, 0.2) is 0 Å². The summed E-state index contributed by atoms with van der Waals surface area (Å²) in [6, 6.07) is 1.91. The van der Waals surface area contributed by atoms with Crippen LogP contribution in [0.15, 0.2) is 6.07 Å². The lowest BCUT2D eigenvalue weighted by Crippen LogP contribution is -2.27. The molecule has 19 heavy (non-hydrogen) atoms. The lowest BCUT2D eigenvalue weighted by molar-refractivity contribution is 0.667. The van der Waals surface area contributed by atoms with Crippen LogP contribution in [0.3, 0.4) is 0 Å². The lowest BCUT2D eigenvalue weighted by Gasteiger charge is -2.24. The van der Waals surface area contributed by atoms with Crippen molar-refractivity contribution < 1.29 is 0 Å². The molecule has 0 fully saturated rings. The van der Waals surface area contributed by atoms with Crippen molar-refractivity contribution in [3.8, 4) is 0 Å². The molecule has 0 aromatic carbocycles. The lowest BCUT2D eigenvalue weighted by atomic mass is 10.2. The zero-order valence-electron chi connectivity index (χ0n) is 12.7. The molecule has 4 nitrogen and oxygen atoms in total. The van der Waals surface area contributed by atoms with Gasteiger partial charge in [-0.05, 0) is 19.3 Å². The van der Waals surface area contributed by atoms with E-state index in [1.165, 1.54) is 25.7 Å². The number of hydrogen-bond donors (Lipinski definition) is 1. The highest BCUT2D eigenvalue weighted by Crippen LogP contribution is 2.16. The fourth-order valence-electron chi connectivity index (χ4n) is 2.04. The minimum Gasteiger partial charge on any atom is -0.384 e. The molecule has 1 heterocycles. The van der Waals surface area contributed by atoms with Gasteiger partial charge in [-0.3, -0.25) is 0 Å². The molecule has 0 saturated heterocycles. The standard InChI is InChI=1S/C15H28N4/c1-4-7-10-19(11-8-5-2)15-12-13(16)17-14(18-15)9-6-3/h12H,4-11H2,1-3H3,(H2,16,17,18). The summed E-state index contributed by atoms with van der Waals surface area (Å²) in [6.07, 6.45) is 6.73. The Bertz CT molecular complexity index is 357. The molecule has 0 bridgehead atoms. The molecule has 0 spiro atoms. The van der Waals surface area contributed by atoms with Crippen molar-refractivity contribution in [2.24, 2.45) is 0 Å². The summed E-state index contributed by atoms with van der Waals surface area (Å²) in [5.41, 5.74) is 5.91. The molecule has 4 heteroatoms. The van der Waals surface area contributed by atoms with Gasteiger partial charge in [0, 0.05) is 25.6 Å². The molecule has 0 aliphatic carbocycles. The number of anilines is 2. The zero-order valence-corrected chi connectivity index (χ0v) is 12.7. The van der Waals surface area contributed by atoms with Gasteiger partial charge in [-0.25, -0.2) is 9.97 Å². The van der Waals surface area contributed by atoms with Crippen LogP contribution in [0.25, 0.3) is 0 Å². The molecular formula is C15H28N4. The van der Waals surface area contributed by atoms with E-state index in [4.69, 9.17) is 5.73 Å². The van der Waals surface area contributed by atoms with Crippen molar-refractivity contribution in [1.82, 2.24) is 9.97 Å². The van der Waals surface area contributed by atoms with Crippen LogP contribution in [0, 0.1) is 0 Å². The van der Waals surface area contributed by atoms with Gasteiger partial charge in [-0.15, -0.1) is 0 Å². The van der Waals surface area contributed by atoms with Crippen LogP contribution in [-0.2, 0) is 6.42 Å². The van der Waals surface area contributed by atoms with Crippen LogP contribution >= 0.6 is 0 Å². The van der Waals surface area contributed by atoms with Crippen LogP contribution in [0.1, 0.15) is 58.7 Å². The molecule has 1 rings (SSSR count). The molecule has 1 aromatic heterocycles. The third kappa shape index (κ3) is 5.45. The molecule has 0 radical (unpaired) electrons. The Morgan fingerprint density at radius 3 is 2.16 bits per heavy atom. The highest BCUT2D eigenvalue weighted by molar-refractivity contribution is 5.47. The van der Waals surface area contributed by atoms with Crippen molar-refractivity contribution >= 4 is 11.6 Å². The fourth-order valence-corrected chi connectivity index (χ4v) is 2.04. The van der Waals surface area contributed by atoms with E-state index in [9.17, 15) is 0 Å². The van der Waals surface area contributed by atoms with E-state index in [-0.39, 0.29) is 0 Å². The summed E-state index contributed by atoms with van der Waals surface area (Å²) in [5.74, 6) is 2.46. The van der Waals surface area contributed by atoms with E-state index in [1.54, 1.807) is 0 Å². The van der Waals surface area contributed by atoms with E-state index >= 15 is 0 Å². The van der Waals surface area contributed by atoms with Crippen molar-refractivity contribution in [1.29, 1.82) is 0 Å². The smallest absolute Gasteiger partial charge is 0.134 e. The van der Waals surface area contributed by atoms with Crippen LogP contribution in [0.4, 0.5) is 11.6 Å². The molecule has 0 aliphatic rings. The first kappa shape index (κ1) is 15.7. The maximum absolute atomic E-state index is 5.91. The van der Waals surface area contributed by atoms with E-state index in [1.807, 2.05) is 6.07 Å². The van der Waals surface area contributed by atoms with Crippen molar-refractivity contribution in [2.45, 2.75) is 59.3 Å². The number of nitrogen functional groups attached to an aromatic ring is 1.